The number of sulfonamides is 1. The smallest absolute Gasteiger partial charge is 0.244 e. The van der Waals surface area contributed by atoms with Crippen LogP contribution in [0.1, 0.15) is 33.3 Å². The third kappa shape index (κ3) is 4.89. The first-order valence-electron chi connectivity index (χ1n) is 8.19. The molecule has 5 nitrogen and oxygen atoms in total. The lowest BCUT2D eigenvalue weighted by molar-refractivity contribution is -0.117. The van der Waals surface area contributed by atoms with Gasteiger partial charge in [-0.3, -0.25) is 4.79 Å². The minimum absolute atomic E-state index is 0.00871. The Morgan fingerprint density at radius 3 is 2.15 bits per heavy atom. The van der Waals surface area contributed by atoms with Crippen LogP contribution in [0.4, 0.5) is 10.1 Å². The number of anilines is 1. The number of rotatable bonds is 5. The van der Waals surface area contributed by atoms with Gasteiger partial charge in [0.1, 0.15) is 10.7 Å². The van der Waals surface area contributed by atoms with E-state index < -0.39 is 32.7 Å². The Morgan fingerprint density at radius 1 is 1.04 bits per heavy atom. The van der Waals surface area contributed by atoms with Crippen LogP contribution in [0.25, 0.3) is 0 Å². The van der Waals surface area contributed by atoms with Crippen LogP contribution < -0.4 is 10.0 Å². The first kappa shape index (κ1) is 20.1. The van der Waals surface area contributed by atoms with E-state index in [-0.39, 0.29) is 5.41 Å². The van der Waals surface area contributed by atoms with Gasteiger partial charge >= 0.3 is 0 Å². The summed E-state index contributed by atoms with van der Waals surface area (Å²) < 4.78 is 40.4. The minimum atomic E-state index is -4.14. The lowest BCUT2D eigenvalue weighted by Crippen LogP contribution is -2.41. The third-order valence-electron chi connectivity index (χ3n) is 3.87. The van der Waals surface area contributed by atoms with Crippen LogP contribution in [0.15, 0.2) is 53.4 Å². The van der Waals surface area contributed by atoms with Gasteiger partial charge in [-0.15, -0.1) is 0 Å². The van der Waals surface area contributed by atoms with Crippen LogP contribution in [0.2, 0.25) is 0 Å². The van der Waals surface area contributed by atoms with E-state index in [1.54, 1.807) is 12.1 Å². The SMILES string of the molecule is C[C@H](NS(=O)(=O)c1ccccc1F)C(=O)Nc1ccc(C(C)(C)C)cc1. The fourth-order valence-electron chi connectivity index (χ4n) is 2.32. The molecule has 0 aliphatic carbocycles. The second kappa shape index (κ2) is 7.55. The number of carbonyl (C=O) groups excluding carboxylic acids is 1. The molecule has 0 unspecified atom stereocenters. The van der Waals surface area contributed by atoms with Crippen molar-refractivity contribution in [1.29, 1.82) is 0 Å². The van der Waals surface area contributed by atoms with Gasteiger partial charge < -0.3 is 5.32 Å². The highest BCUT2D eigenvalue weighted by atomic mass is 32.2. The molecule has 0 saturated heterocycles. The molecule has 140 valence electrons. The molecule has 26 heavy (non-hydrogen) atoms. The van der Waals surface area contributed by atoms with Gasteiger partial charge in [0.25, 0.3) is 0 Å². The maximum absolute atomic E-state index is 13.7. The van der Waals surface area contributed by atoms with E-state index in [9.17, 15) is 17.6 Å². The van der Waals surface area contributed by atoms with Crippen molar-refractivity contribution in [3.05, 3.63) is 59.9 Å². The van der Waals surface area contributed by atoms with Crippen molar-refractivity contribution in [1.82, 2.24) is 4.72 Å². The predicted molar refractivity (Wildman–Crippen MR) is 100.0 cm³/mol. The van der Waals surface area contributed by atoms with Gasteiger partial charge in [0.05, 0.1) is 6.04 Å². The third-order valence-corrected chi connectivity index (χ3v) is 5.44. The number of benzene rings is 2. The molecule has 0 spiro atoms. The molecule has 0 aromatic heterocycles. The molecule has 0 aliphatic heterocycles. The summed E-state index contributed by atoms with van der Waals surface area (Å²) in [6.07, 6.45) is 0. The molecule has 2 aromatic rings. The summed E-state index contributed by atoms with van der Waals surface area (Å²) in [5, 5.41) is 2.65. The number of nitrogens with one attached hydrogen (secondary N) is 2. The Hall–Kier alpha value is -2.25. The van der Waals surface area contributed by atoms with Gasteiger partial charge in [0.2, 0.25) is 15.9 Å². The summed E-state index contributed by atoms with van der Waals surface area (Å²) in [7, 11) is -4.14. The highest BCUT2D eigenvalue weighted by Crippen LogP contribution is 2.23. The van der Waals surface area contributed by atoms with Crippen molar-refractivity contribution in [2.24, 2.45) is 0 Å². The molecule has 2 aromatic carbocycles. The van der Waals surface area contributed by atoms with Crippen LogP contribution in [0.3, 0.4) is 0 Å². The summed E-state index contributed by atoms with van der Waals surface area (Å²) in [5.41, 5.74) is 1.66. The van der Waals surface area contributed by atoms with Gasteiger partial charge in [-0.2, -0.15) is 4.72 Å². The normalized spacial score (nSPS) is 13.3. The average Bonchev–Trinajstić information content (AvgIpc) is 2.54. The van der Waals surface area contributed by atoms with Gasteiger partial charge in [0.15, 0.2) is 0 Å². The second-order valence-electron chi connectivity index (χ2n) is 7.09. The Morgan fingerprint density at radius 2 is 1.62 bits per heavy atom. The molecule has 1 amide bonds. The Labute approximate surface area is 153 Å². The fourth-order valence-corrected chi connectivity index (χ4v) is 3.60. The Kier molecular flexibility index (Phi) is 5.83. The van der Waals surface area contributed by atoms with E-state index in [4.69, 9.17) is 0 Å². The highest BCUT2D eigenvalue weighted by Gasteiger charge is 2.24. The quantitative estimate of drug-likeness (QED) is 0.837. The van der Waals surface area contributed by atoms with Crippen molar-refractivity contribution in [2.45, 2.75) is 44.0 Å². The van der Waals surface area contributed by atoms with Gasteiger partial charge in [0, 0.05) is 5.69 Å². The van der Waals surface area contributed by atoms with Crippen molar-refractivity contribution in [2.75, 3.05) is 5.32 Å². The van der Waals surface area contributed by atoms with Crippen molar-refractivity contribution in [3.8, 4) is 0 Å². The number of hydrogen-bond donors (Lipinski definition) is 2. The maximum Gasteiger partial charge on any atom is 0.244 e. The fraction of sp³-hybridized carbons (Fsp3) is 0.316. The van der Waals surface area contributed by atoms with Crippen molar-refractivity contribution in [3.63, 3.8) is 0 Å². The number of hydrogen-bond acceptors (Lipinski definition) is 3. The molecule has 2 N–H and O–H groups in total. The van der Waals surface area contributed by atoms with Crippen LogP contribution in [-0.4, -0.2) is 20.4 Å². The molecule has 2 rings (SSSR count). The molecular weight excluding hydrogens is 355 g/mol. The van der Waals surface area contributed by atoms with Crippen LogP contribution in [0.5, 0.6) is 0 Å². The zero-order valence-electron chi connectivity index (χ0n) is 15.2. The summed E-state index contributed by atoms with van der Waals surface area (Å²) in [4.78, 5) is 11.8. The predicted octanol–water partition coefficient (Wildman–Crippen LogP) is 3.43. The zero-order chi connectivity index (χ0) is 19.5. The van der Waals surface area contributed by atoms with E-state index in [0.29, 0.717) is 5.69 Å². The van der Waals surface area contributed by atoms with E-state index >= 15 is 0 Å². The van der Waals surface area contributed by atoms with Gasteiger partial charge in [-0.25, -0.2) is 12.8 Å². The van der Waals surface area contributed by atoms with Gasteiger partial charge in [-0.1, -0.05) is 45.0 Å². The lowest BCUT2D eigenvalue weighted by Gasteiger charge is -2.19. The molecule has 7 heteroatoms. The minimum Gasteiger partial charge on any atom is -0.325 e. The van der Waals surface area contributed by atoms with E-state index in [1.165, 1.54) is 19.1 Å². The van der Waals surface area contributed by atoms with E-state index in [1.807, 2.05) is 12.1 Å². The zero-order valence-corrected chi connectivity index (χ0v) is 16.0. The molecule has 1 atom stereocenters. The Balaban J connectivity index is 2.07. The lowest BCUT2D eigenvalue weighted by atomic mass is 9.87. The van der Waals surface area contributed by atoms with Crippen LogP contribution in [0, 0.1) is 5.82 Å². The van der Waals surface area contributed by atoms with Crippen LogP contribution in [-0.2, 0) is 20.2 Å². The summed E-state index contributed by atoms with van der Waals surface area (Å²) >= 11 is 0. The number of carbonyl (C=O) groups is 1. The Bertz CT molecular complexity index is 888. The van der Waals surface area contributed by atoms with E-state index in [0.717, 1.165) is 17.7 Å². The van der Waals surface area contributed by atoms with Crippen molar-refractivity contribution < 1.29 is 17.6 Å². The summed E-state index contributed by atoms with van der Waals surface area (Å²) in [6.45, 7) is 7.65. The average molecular weight is 378 g/mol. The molecule has 0 radical (unpaired) electrons. The first-order chi connectivity index (χ1) is 12.0. The molecule has 0 bridgehead atoms. The summed E-state index contributed by atoms with van der Waals surface area (Å²) in [5.74, 6) is -1.40. The largest absolute Gasteiger partial charge is 0.325 e. The van der Waals surface area contributed by atoms with E-state index in [2.05, 4.69) is 30.8 Å². The molecule has 0 saturated carbocycles. The molecular formula is C19H23FN2O3S. The second-order valence-corrected chi connectivity index (χ2v) is 8.77. The molecule has 0 aliphatic rings. The molecule has 0 fully saturated rings. The van der Waals surface area contributed by atoms with Crippen molar-refractivity contribution >= 4 is 21.6 Å². The monoisotopic (exact) mass is 378 g/mol. The first-order valence-corrected chi connectivity index (χ1v) is 9.67. The van der Waals surface area contributed by atoms with Gasteiger partial charge in [-0.05, 0) is 42.2 Å². The summed E-state index contributed by atoms with van der Waals surface area (Å²) in [6, 6.07) is 11.3. The molecule has 0 heterocycles. The van der Waals surface area contributed by atoms with Crippen LogP contribution >= 0.6 is 0 Å². The topological polar surface area (TPSA) is 75.3 Å². The maximum atomic E-state index is 13.7. The highest BCUT2D eigenvalue weighted by molar-refractivity contribution is 7.89. The number of amides is 1. The standard InChI is InChI=1S/C19H23FN2O3S/c1-13(22-26(24,25)17-8-6-5-7-16(17)20)18(23)21-15-11-9-14(10-12-15)19(2,3)4/h5-13,22H,1-4H3,(H,21,23)/t13-/m0/s1. The number of halogens is 1.